The van der Waals surface area contributed by atoms with Gasteiger partial charge in [0.05, 0.1) is 35.7 Å². The van der Waals surface area contributed by atoms with Gasteiger partial charge in [-0.05, 0) is 13.3 Å². The molecule has 140 valence electrons. The molecule has 2 aromatic rings. The first-order valence-corrected chi connectivity index (χ1v) is 8.64. The Morgan fingerprint density at radius 2 is 2.12 bits per heavy atom. The van der Waals surface area contributed by atoms with Crippen molar-refractivity contribution in [3.8, 4) is 0 Å². The van der Waals surface area contributed by atoms with Crippen LogP contribution >= 0.6 is 0 Å². The van der Waals surface area contributed by atoms with Crippen molar-refractivity contribution in [1.82, 2.24) is 19.7 Å². The molecule has 3 N–H and O–H groups in total. The Balaban J connectivity index is 2.11. The van der Waals surface area contributed by atoms with Crippen molar-refractivity contribution in [1.29, 1.82) is 5.41 Å². The van der Waals surface area contributed by atoms with Gasteiger partial charge in [-0.2, -0.15) is 5.10 Å². The average molecular weight is 359 g/mol. The Hall–Kier alpha value is -2.55. The number of hydrogen-bond acceptors (Lipinski definition) is 8. The van der Waals surface area contributed by atoms with Crippen LogP contribution in [0.15, 0.2) is 11.4 Å². The lowest BCUT2D eigenvalue weighted by atomic mass is 9.95. The molecule has 1 aliphatic heterocycles. The number of aromatic nitrogens is 4. The molecular formula is C17H25N7O2. The molecule has 26 heavy (non-hydrogen) atoms. The molecule has 2 aromatic heterocycles. The van der Waals surface area contributed by atoms with Crippen LogP contribution in [0.1, 0.15) is 39.9 Å². The number of nitrogens with one attached hydrogen (secondary N) is 1. The summed E-state index contributed by atoms with van der Waals surface area (Å²) in [5, 5.41) is 35.0. The topological polar surface area (TPSA) is 124 Å². The van der Waals surface area contributed by atoms with Crippen LogP contribution in [0, 0.1) is 5.41 Å². The number of hydrogen-bond donors (Lipinski definition) is 3. The maximum atomic E-state index is 9.90. The summed E-state index contributed by atoms with van der Waals surface area (Å²) in [5.41, 5.74) is 0.775. The smallest absolute Gasteiger partial charge is 0.164 e. The Bertz CT molecular complexity index is 866. The summed E-state index contributed by atoms with van der Waals surface area (Å²) in [6.45, 7) is 9.12. The maximum absolute atomic E-state index is 9.90. The minimum Gasteiger partial charge on any atom is -0.411 e. The van der Waals surface area contributed by atoms with E-state index in [4.69, 9.17) is 20.6 Å². The number of anilines is 1. The van der Waals surface area contributed by atoms with E-state index in [-0.39, 0.29) is 29.5 Å². The van der Waals surface area contributed by atoms with E-state index in [9.17, 15) is 5.11 Å². The monoisotopic (exact) mass is 359 g/mol. The summed E-state index contributed by atoms with van der Waals surface area (Å²) in [7, 11) is 0. The van der Waals surface area contributed by atoms with E-state index in [2.05, 4.69) is 15.2 Å². The number of aliphatic hydroxyl groups is 1. The fourth-order valence-corrected chi connectivity index (χ4v) is 2.89. The van der Waals surface area contributed by atoms with Gasteiger partial charge < -0.3 is 20.6 Å². The lowest BCUT2D eigenvalue weighted by molar-refractivity contribution is 0.198. The van der Waals surface area contributed by atoms with Crippen LogP contribution in [0.5, 0.6) is 0 Å². The van der Waals surface area contributed by atoms with E-state index >= 15 is 0 Å². The van der Waals surface area contributed by atoms with Gasteiger partial charge in [0.15, 0.2) is 5.65 Å². The normalized spacial score (nSPS) is 18.7. The molecule has 1 saturated heterocycles. The van der Waals surface area contributed by atoms with Crippen molar-refractivity contribution in [2.75, 3.05) is 18.0 Å². The Morgan fingerprint density at radius 1 is 1.38 bits per heavy atom. The highest BCUT2D eigenvalue weighted by Crippen LogP contribution is 2.30. The van der Waals surface area contributed by atoms with Crippen LogP contribution in [-0.2, 0) is 12.0 Å². The molecule has 0 aromatic carbocycles. The summed E-state index contributed by atoms with van der Waals surface area (Å²) >= 11 is 0. The third-order valence-corrected chi connectivity index (χ3v) is 4.50. The van der Waals surface area contributed by atoms with Crippen LogP contribution in [-0.4, -0.2) is 60.7 Å². The second kappa shape index (κ2) is 6.64. The van der Waals surface area contributed by atoms with E-state index in [1.807, 2.05) is 20.8 Å². The second-order valence-corrected chi connectivity index (χ2v) is 7.71. The van der Waals surface area contributed by atoms with Gasteiger partial charge in [0, 0.05) is 18.5 Å². The lowest BCUT2D eigenvalue weighted by Gasteiger charge is -2.22. The fourth-order valence-electron chi connectivity index (χ4n) is 2.89. The molecule has 1 unspecified atom stereocenters. The van der Waals surface area contributed by atoms with Gasteiger partial charge in [-0.25, -0.2) is 14.6 Å². The molecule has 0 saturated carbocycles. The van der Waals surface area contributed by atoms with Crippen molar-refractivity contribution >= 4 is 28.3 Å². The molecule has 3 heterocycles. The highest BCUT2D eigenvalue weighted by molar-refractivity contribution is 6.40. The largest absolute Gasteiger partial charge is 0.411 e. The van der Waals surface area contributed by atoms with E-state index < -0.39 is 0 Å². The Kier molecular flexibility index (Phi) is 4.66. The molecule has 9 heteroatoms. The SMILES string of the molecule is C/C(=N/O)C(=N)Cn1ncc2c(N3CCC(O)C3)nc(C(C)(C)C)nc21. The van der Waals surface area contributed by atoms with Crippen molar-refractivity contribution in [2.24, 2.45) is 5.16 Å². The number of oxime groups is 1. The summed E-state index contributed by atoms with van der Waals surface area (Å²) in [6.07, 6.45) is 2.05. The van der Waals surface area contributed by atoms with Crippen molar-refractivity contribution in [3.63, 3.8) is 0 Å². The van der Waals surface area contributed by atoms with Gasteiger partial charge in [0.1, 0.15) is 11.6 Å². The predicted octanol–water partition coefficient (Wildman–Crippen LogP) is 1.56. The molecule has 0 spiro atoms. The third-order valence-electron chi connectivity index (χ3n) is 4.50. The van der Waals surface area contributed by atoms with E-state index in [1.54, 1.807) is 17.8 Å². The van der Waals surface area contributed by atoms with Crippen molar-refractivity contribution in [3.05, 3.63) is 12.0 Å². The third kappa shape index (κ3) is 3.39. The zero-order valence-corrected chi connectivity index (χ0v) is 15.6. The highest BCUT2D eigenvalue weighted by atomic mass is 16.4. The van der Waals surface area contributed by atoms with Crippen LogP contribution in [0.2, 0.25) is 0 Å². The summed E-state index contributed by atoms with van der Waals surface area (Å²) in [6, 6.07) is 0. The Labute approximate surface area is 151 Å². The number of rotatable bonds is 4. The number of fused-ring (bicyclic) bond motifs is 1. The number of aliphatic hydroxyl groups excluding tert-OH is 1. The van der Waals surface area contributed by atoms with Gasteiger partial charge >= 0.3 is 0 Å². The molecule has 1 aliphatic rings. The molecule has 1 atom stereocenters. The van der Waals surface area contributed by atoms with Crippen molar-refractivity contribution in [2.45, 2.75) is 52.2 Å². The van der Waals surface area contributed by atoms with Crippen LogP contribution in [0.3, 0.4) is 0 Å². The van der Waals surface area contributed by atoms with Gasteiger partial charge in [-0.1, -0.05) is 25.9 Å². The van der Waals surface area contributed by atoms with Crippen LogP contribution in [0.25, 0.3) is 11.0 Å². The standard InChI is InChI=1S/C17H25N7O2/c1-10(22-26)13(18)9-24-15-12(7-19-24)14(23-6-5-11(25)8-23)20-16(21-15)17(2,3)4/h7,11,18,25-26H,5-6,8-9H2,1-4H3/b18-13?,22-10-. The van der Waals surface area contributed by atoms with E-state index in [1.165, 1.54) is 0 Å². The summed E-state index contributed by atoms with van der Waals surface area (Å²) in [4.78, 5) is 11.5. The molecular weight excluding hydrogens is 334 g/mol. The highest BCUT2D eigenvalue weighted by Gasteiger charge is 2.28. The lowest BCUT2D eigenvalue weighted by Crippen LogP contribution is -2.25. The minimum absolute atomic E-state index is 0.155. The van der Waals surface area contributed by atoms with Crippen LogP contribution in [0.4, 0.5) is 5.82 Å². The average Bonchev–Trinajstić information content (AvgIpc) is 3.19. The fraction of sp³-hybridized carbons (Fsp3) is 0.588. The number of β-amino-alcohol motifs (C(OH)–C–C–N with tert-alkyl or cyclic N) is 1. The molecule has 3 rings (SSSR count). The van der Waals surface area contributed by atoms with E-state index in [0.29, 0.717) is 24.4 Å². The summed E-state index contributed by atoms with van der Waals surface area (Å²) < 4.78 is 1.62. The first-order valence-electron chi connectivity index (χ1n) is 8.64. The molecule has 0 amide bonds. The maximum Gasteiger partial charge on any atom is 0.164 e. The molecule has 0 bridgehead atoms. The Morgan fingerprint density at radius 3 is 2.69 bits per heavy atom. The molecule has 1 fully saturated rings. The number of nitrogens with zero attached hydrogens (tertiary/aromatic N) is 6. The van der Waals surface area contributed by atoms with Crippen LogP contribution < -0.4 is 4.90 Å². The second-order valence-electron chi connectivity index (χ2n) is 7.71. The predicted molar refractivity (Wildman–Crippen MR) is 99.5 cm³/mol. The quantitative estimate of drug-likeness (QED) is 0.432. The first kappa shape index (κ1) is 18.2. The molecule has 0 radical (unpaired) electrons. The van der Waals surface area contributed by atoms with Gasteiger partial charge in [-0.3, -0.25) is 0 Å². The zero-order chi connectivity index (χ0) is 19.1. The van der Waals surface area contributed by atoms with Crippen molar-refractivity contribution < 1.29 is 10.3 Å². The van der Waals surface area contributed by atoms with E-state index in [0.717, 1.165) is 17.7 Å². The van der Waals surface area contributed by atoms with Gasteiger partial charge in [0.2, 0.25) is 0 Å². The summed E-state index contributed by atoms with van der Waals surface area (Å²) in [5.74, 6) is 1.45. The first-order chi connectivity index (χ1) is 12.2. The van der Waals surface area contributed by atoms with Gasteiger partial charge in [-0.15, -0.1) is 0 Å². The minimum atomic E-state index is -0.357. The zero-order valence-electron chi connectivity index (χ0n) is 15.6. The van der Waals surface area contributed by atoms with Gasteiger partial charge in [0.25, 0.3) is 0 Å². The molecule has 9 nitrogen and oxygen atoms in total. The molecule has 0 aliphatic carbocycles.